The fourth-order valence-corrected chi connectivity index (χ4v) is 3.23. The highest BCUT2D eigenvalue weighted by Gasteiger charge is 2.14. The molecule has 2 aromatic carbocycles. The van der Waals surface area contributed by atoms with E-state index in [1.165, 1.54) is 18.2 Å². The van der Waals surface area contributed by atoms with Gasteiger partial charge in [0, 0.05) is 31.3 Å². The number of rotatable bonds is 10. The Morgan fingerprint density at radius 2 is 1.86 bits per heavy atom. The molecular weight excluding hydrogens is 381 g/mol. The Morgan fingerprint density at radius 3 is 2.46 bits per heavy atom. The highest BCUT2D eigenvalue weighted by molar-refractivity contribution is 7.90. The average Bonchev–Trinajstić information content (AvgIpc) is 2.66. The monoisotopic (exact) mass is 405 g/mol. The number of hydrogen-bond donors (Lipinski definition) is 0. The predicted molar refractivity (Wildman–Crippen MR) is 106 cm³/mol. The van der Waals surface area contributed by atoms with Crippen molar-refractivity contribution in [3.63, 3.8) is 0 Å². The van der Waals surface area contributed by atoms with Crippen LogP contribution in [0.5, 0.6) is 5.75 Å². The third-order valence-electron chi connectivity index (χ3n) is 4.08. The summed E-state index contributed by atoms with van der Waals surface area (Å²) in [4.78, 5) is 14.2. The van der Waals surface area contributed by atoms with Crippen LogP contribution in [-0.4, -0.2) is 38.6 Å². The van der Waals surface area contributed by atoms with E-state index in [9.17, 15) is 17.6 Å². The van der Waals surface area contributed by atoms with Gasteiger partial charge < -0.3 is 9.64 Å². The Bertz CT molecular complexity index is 910. The summed E-state index contributed by atoms with van der Waals surface area (Å²) in [6, 6.07) is 12.5. The lowest BCUT2D eigenvalue weighted by atomic mass is 10.2. The zero-order chi connectivity index (χ0) is 20.6. The standard InChI is InChI=1S/C21H24FNO4S/c1-3-14-23(16-17-7-4-5-8-20(17)22)21(24)9-6-15-27-18-10-12-19(13-11-18)28(2,25)26/h3-5,7-8,10-13H,1,6,9,14-16H2,2H3. The van der Waals surface area contributed by atoms with Gasteiger partial charge in [-0.3, -0.25) is 4.79 Å². The van der Waals surface area contributed by atoms with Crippen molar-refractivity contribution in [3.8, 4) is 5.75 Å². The van der Waals surface area contributed by atoms with Crippen molar-refractivity contribution in [2.75, 3.05) is 19.4 Å². The van der Waals surface area contributed by atoms with Crippen LogP contribution < -0.4 is 4.74 Å². The number of benzene rings is 2. The van der Waals surface area contributed by atoms with E-state index in [1.807, 2.05) is 0 Å². The van der Waals surface area contributed by atoms with E-state index in [4.69, 9.17) is 4.74 Å². The van der Waals surface area contributed by atoms with E-state index in [0.717, 1.165) is 6.26 Å². The van der Waals surface area contributed by atoms with Gasteiger partial charge in [0.15, 0.2) is 9.84 Å². The number of ether oxygens (including phenoxy) is 1. The van der Waals surface area contributed by atoms with Crippen molar-refractivity contribution >= 4 is 15.7 Å². The van der Waals surface area contributed by atoms with Gasteiger partial charge in [0.2, 0.25) is 5.91 Å². The summed E-state index contributed by atoms with van der Waals surface area (Å²) in [6.45, 7) is 4.48. The van der Waals surface area contributed by atoms with Gasteiger partial charge in [-0.05, 0) is 36.8 Å². The highest BCUT2D eigenvalue weighted by Crippen LogP contribution is 2.16. The number of carbonyl (C=O) groups excluding carboxylic acids is 1. The second-order valence-corrected chi connectivity index (χ2v) is 8.37. The first kappa shape index (κ1) is 21.6. The van der Waals surface area contributed by atoms with Crippen LogP contribution in [0.2, 0.25) is 0 Å². The molecule has 0 aliphatic rings. The van der Waals surface area contributed by atoms with Crippen molar-refractivity contribution in [3.05, 3.63) is 72.6 Å². The second kappa shape index (κ2) is 10.0. The minimum absolute atomic E-state index is 0.112. The lowest BCUT2D eigenvalue weighted by Crippen LogP contribution is -2.31. The minimum atomic E-state index is -3.24. The summed E-state index contributed by atoms with van der Waals surface area (Å²) < 4.78 is 42.3. The molecule has 28 heavy (non-hydrogen) atoms. The van der Waals surface area contributed by atoms with Crippen molar-refractivity contribution in [2.24, 2.45) is 0 Å². The van der Waals surface area contributed by atoms with Crippen LogP contribution in [0.1, 0.15) is 18.4 Å². The van der Waals surface area contributed by atoms with Crippen molar-refractivity contribution in [2.45, 2.75) is 24.3 Å². The minimum Gasteiger partial charge on any atom is -0.494 e. The molecular formula is C21H24FNO4S. The fraction of sp³-hybridized carbons (Fsp3) is 0.286. The van der Waals surface area contributed by atoms with Gasteiger partial charge in [0.1, 0.15) is 11.6 Å². The fourth-order valence-electron chi connectivity index (χ4n) is 2.60. The first-order chi connectivity index (χ1) is 13.3. The van der Waals surface area contributed by atoms with Crippen LogP contribution in [0, 0.1) is 5.82 Å². The lowest BCUT2D eigenvalue weighted by molar-refractivity contribution is -0.131. The van der Waals surface area contributed by atoms with Crippen molar-refractivity contribution in [1.82, 2.24) is 4.90 Å². The smallest absolute Gasteiger partial charge is 0.223 e. The van der Waals surface area contributed by atoms with Gasteiger partial charge in [-0.1, -0.05) is 24.3 Å². The molecule has 0 aromatic heterocycles. The van der Waals surface area contributed by atoms with Gasteiger partial charge in [-0.2, -0.15) is 0 Å². The van der Waals surface area contributed by atoms with Crippen LogP contribution in [0.3, 0.4) is 0 Å². The number of hydrogen-bond acceptors (Lipinski definition) is 4. The molecule has 7 heteroatoms. The van der Waals surface area contributed by atoms with Gasteiger partial charge >= 0.3 is 0 Å². The largest absolute Gasteiger partial charge is 0.494 e. The third kappa shape index (κ3) is 6.49. The Hall–Kier alpha value is -2.67. The zero-order valence-electron chi connectivity index (χ0n) is 15.8. The van der Waals surface area contributed by atoms with E-state index in [1.54, 1.807) is 41.3 Å². The Balaban J connectivity index is 1.84. The van der Waals surface area contributed by atoms with E-state index in [0.29, 0.717) is 30.9 Å². The quantitative estimate of drug-likeness (QED) is 0.448. The molecule has 0 spiro atoms. The molecule has 0 saturated heterocycles. The maximum absolute atomic E-state index is 13.8. The first-order valence-corrected chi connectivity index (χ1v) is 10.8. The molecule has 5 nitrogen and oxygen atoms in total. The summed E-state index contributed by atoms with van der Waals surface area (Å²) in [6.07, 6.45) is 3.49. The number of halogens is 1. The van der Waals surface area contributed by atoms with Crippen LogP contribution in [0.4, 0.5) is 4.39 Å². The summed E-state index contributed by atoms with van der Waals surface area (Å²) in [5.41, 5.74) is 0.458. The first-order valence-electron chi connectivity index (χ1n) is 8.86. The highest BCUT2D eigenvalue weighted by atomic mass is 32.2. The molecule has 0 saturated carbocycles. The molecule has 0 radical (unpaired) electrons. The van der Waals surface area contributed by atoms with Crippen LogP contribution >= 0.6 is 0 Å². The molecule has 0 aliphatic carbocycles. The summed E-state index contributed by atoms with van der Waals surface area (Å²) in [7, 11) is -3.24. The van der Waals surface area contributed by atoms with Gasteiger partial charge in [0.05, 0.1) is 11.5 Å². The molecule has 0 heterocycles. The van der Waals surface area contributed by atoms with E-state index in [2.05, 4.69) is 6.58 Å². The maximum Gasteiger partial charge on any atom is 0.223 e. The summed E-state index contributed by atoms with van der Waals surface area (Å²) >= 11 is 0. The topological polar surface area (TPSA) is 63.7 Å². The molecule has 150 valence electrons. The number of amides is 1. The van der Waals surface area contributed by atoms with Crippen LogP contribution in [0.15, 0.2) is 66.1 Å². The molecule has 0 N–H and O–H groups in total. The van der Waals surface area contributed by atoms with E-state index < -0.39 is 9.84 Å². The molecule has 2 aromatic rings. The normalized spacial score (nSPS) is 11.1. The van der Waals surface area contributed by atoms with Crippen LogP contribution in [0.25, 0.3) is 0 Å². The molecule has 0 atom stereocenters. The van der Waals surface area contributed by atoms with Crippen molar-refractivity contribution in [1.29, 1.82) is 0 Å². The molecule has 0 bridgehead atoms. The summed E-state index contributed by atoms with van der Waals surface area (Å²) in [5.74, 6) is 0.0820. The third-order valence-corrected chi connectivity index (χ3v) is 5.21. The zero-order valence-corrected chi connectivity index (χ0v) is 16.6. The number of carbonyl (C=O) groups is 1. The Labute approximate surface area is 165 Å². The summed E-state index contributed by atoms with van der Waals surface area (Å²) in [5, 5.41) is 0. The number of nitrogens with zero attached hydrogens (tertiary/aromatic N) is 1. The SMILES string of the molecule is C=CCN(Cc1ccccc1F)C(=O)CCCOc1ccc(S(C)(=O)=O)cc1. The van der Waals surface area contributed by atoms with E-state index in [-0.39, 0.29) is 29.6 Å². The Kier molecular flexibility index (Phi) is 7.75. The molecule has 0 unspecified atom stereocenters. The van der Waals surface area contributed by atoms with Crippen molar-refractivity contribution < 1.29 is 22.3 Å². The van der Waals surface area contributed by atoms with E-state index >= 15 is 0 Å². The van der Waals surface area contributed by atoms with Gasteiger partial charge in [0.25, 0.3) is 0 Å². The molecule has 0 aliphatic heterocycles. The second-order valence-electron chi connectivity index (χ2n) is 6.35. The van der Waals surface area contributed by atoms with Gasteiger partial charge in [-0.15, -0.1) is 6.58 Å². The average molecular weight is 405 g/mol. The molecule has 2 rings (SSSR count). The molecule has 0 fully saturated rings. The van der Waals surface area contributed by atoms with Gasteiger partial charge in [-0.25, -0.2) is 12.8 Å². The predicted octanol–water partition coefficient (Wildman–Crippen LogP) is 3.60. The lowest BCUT2D eigenvalue weighted by Gasteiger charge is -2.21. The van der Waals surface area contributed by atoms with Crippen LogP contribution in [-0.2, 0) is 21.2 Å². The number of sulfone groups is 1. The molecule has 1 amide bonds. The maximum atomic E-state index is 13.8. The Morgan fingerprint density at radius 1 is 1.18 bits per heavy atom.